The van der Waals surface area contributed by atoms with E-state index in [1.165, 1.54) is 47.8 Å². The van der Waals surface area contributed by atoms with Crippen molar-refractivity contribution >= 4 is 10.9 Å². The Kier molecular flexibility index (Phi) is 2.45. The molecule has 0 saturated heterocycles. The van der Waals surface area contributed by atoms with E-state index < -0.39 is 5.41 Å². The van der Waals surface area contributed by atoms with E-state index in [2.05, 4.69) is 29.3 Å². The Morgan fingerprint density at radius 1 is 1.22 bits per heavy atom. The van der Waals surface area contributed by atoms with Crippen LogP contribution < -0.4 is 0 Å². The van der Waals surface area contributed by atoms with Crippen LogP contribution in [-0.4, -0.2) is 4.98 Å². The van der Waals surface area contributed by atoms with Crippen molar-refractivity contribution in [2.45, 2.75) is 44.9 Å². The highest BCUT2D eigenvalue weighted by atomic mass is 14.7. The average Bonchev–Trinajstić information content (AvgIpc) is 2.76. The number of benzene rings is 1. The highest BCUT2D eigenvalue weighted by Gasteiger charge is 2.22. The molecule has 0 bridgehead atoms. The van der Waals surface area contributed by atoms with Gasteiger partial charge in [0.2, 0.25) is 0 Å². The normalized spacial score (nSPS) is 15.4. The molecule has 0 unspecified atom stereocenters. The maximum absolute atomic E-state index is 9.25. The first-order valence-electron chi connectivity index (χ1n) is 6.67. The van der Waals surface area contributed by atoms with Gasteiger partial charge in [0.05, 0.1) is 11.5 Å². The van der Waals surface area contributed by atoms with E-state index in [-0.39, 0.29) is 0 Å². The van der Waals surface area contributed by atoms with Gasteiger partial charge < -0.3 is 4.98 Å². The van der Waals surface area contributed by atoms with Crippen molar-refractivity contribution in [3.05, 3.63) is 35.0 Å². The van der Waals surface area contributed by atoms with Crippen LogP contribution in [0.4, 0.5) is 0 Å². The molecule has 1 N–H and O–H groups in total. The summed E-state index contributed by atoms with van der Waals surface area (Å²) in [7, 11) is 0. The van der Waals surface area contributed by atoms with Crippen molar-refractivity contribution < 1.29 is 0 Å². The molecule has 1 aromatic carbocycles. The van der Waals surface area contributed by atoms with Crippen LogP contribution in [0.25, 0.3) is 10.9 Å². The smallest absolute Gasteiger partial charge is 0.0766 e. The zero-order valence-corrected chi connectivity index (χ0v) is 11.0. The monoisotopic (exact) mass is 238 g/mol. The summed E-state index contributed by atoms with van der Waals surface area (Å²) in [5, 5.41) is 10.6. The molecule has 2 aromatic rings. The molecular weight excluding hydrogens is 220 g/mol. The summed E-state index contributed by atoms with van der Waals surface area (Å²) in [6.07, 6.45) is 4.91. The standard InChI is InChI=1S/C16H18N2/c1-16(2,10-17)11-7-8-15-13(9-11)12-5-3-4-6-14(12)18-15/h7-9,18H,3-6H2,1-2H3. The molecule has 0 aliphatic heterocycles. The van der Waals surface area contributed by atoms with Crippen molar-refractivity contribution in [3.8, 4) is 6.07 Å². The second kappa shape index (κ2) is 3.88. The van der Waals surface area contributed by atoms with Crippen molar-refractivity contribution in [1.82, 2.24) is 4.98 Å². The van der Waals surface area contributed by atoms with E-state index in [0.717, 1.165) is 5.56 Å². The molecule has 0 amide bonds. The molecule has 0 spiro atoms. The number of hydrogen-bond donors (Lipinski definition) is 1. The zero-order chi connectivity index (χ0) is 12.8. The maximum atomic E-state index is 9.25. The van der Waals surface area contributed by atoms with Gasteiger partial charge in [-0.15, -0.1) is 0 Å². The molecule has 1 aliphatic carbocycles. The van der Waals surface area contributed by atoms with Crippen LogP contribution in [0.5, 0.6) is 0 Å². The van der Waals surface area contributed by atoms with Gasteiger partial charge in [-0.05, 0) is 62.8 Å². The number of nitriles is 1. The first kappa shape index (κ1) is 11.3. The fourth-order valence-electron chi connectivity index (χ4n) is 2.86. The number of nitrogens with one attached hydrogen (secondary N) is 1. The van der Waals surface area contributed by atoms with Crippen LogP contribution >= 0.6 is 0 Å². The molecule has 1 aromatic heterocycles. The predicted molar refractivity (Wildman–Crippen MR) is 73.6 cm³/mol. The Bertz CT molecular complexity index is 641. The summed E-state index contributed by atoms with van der Waals surface area (Å²) in [6, 6.07) is 8.80. The Balaban J connectivity index is 2.20. The lowest BCUT2D eigenvalue weighted by atomic mass is 9.85. The zero-order valence-electron chi connectivity index (χ0n) is 11.0. The quantitative estimate of drug-likeness (QED) is 0.805. The van der Waals surface area contributed by atoms with E-state index in [0.29, 0.717) is 0 Å². The summed E-state index contributed by atoms with van der Waals surface area (Å²) in [4.78, 5) is 3.53. The third-order valence-electron chi connectivity index (χ3n) is 4.10. The molecule has 18 heavy (non-hydrogen) atoms. The molecule has 3 rings (SSSR count). The minimum Gasteiger partial charge on any atom is -0.358 e. The molecule has 2 nitrogen and oxygen atoms in total. The van der Waals surface area contributed by atoms with Gasteiger partial charge in [0.1, 0.15) is 0 Å². The minimum atomic E-state index is -0.410. The number of nitrogens with zero attached hydrogens (tertiary/aromatic N) is 1. The number of aryl methyl sites for hydroxylation is 2. The van der Waals surface area contributed by atoms with E-state index in [1.807, 2.05) is 13.8 Å². The first-order chi connectivity index (χ1) is 8.62. The van der Waals surface area contributed by atoms with Crippen LogP contribution in [0, 0.1) is 11.3 Å². The molecule has 0 fully saturated rings. The van der Waals surface area contributed by atoms with E-state index in [4.69, 9.17) is 0 Å². The number of fused-ring (bicyclic) bond motifs is 3. The number of rotatable bonds is 1. The Morgan fingerprint density at radius 3 is 2.78 bits per heavy atom. The highest BCUT2D eigenvalue weighted by Crippen LogP contribution is 2.32. The van der Waals surface area contributed by atoms with Crippen LogP contribution in [0.3, 0.4) is 0 Å². The van der Waals surface area contributed by atoms with Gasteiger partial charge in [0.25, 0.3) is 0 Å². The van der Waals surface area contributed by atoms with E-state index in [1.54, 1.807) is 0 Å². The molecule has 0 saturated carbocycles. The number of hydrogen-bond acceptors (Lipinski definition) is 1. The summed E-state index contributed by atoms with van der Waals surface area (Å²) >= 11 is 0. The van der Waals surface area contributed by atoms with Crippen LogP contribution in [-0.2, 0) is 18.3 Å². The van der Waals surface area contributed by atoms with Gasteiger partial charge in [-0.2, -0.15) is 5.26 Å². The number of aromatic amines is 1. The lowest BCUT2D eigenvalue weighted by Crippen LogP contribution is -2.13. The summed E-state index contributed by atoms with van der Waals surface area (Å²) in [5.74, 6) is 0. The molecular formula is C16H18N2. The third-order valence-corrected chi connectivity index (χ3v) is 4.10. The Labute approximate surface area is 108 Å². The topological polar surface area (TPSA) is 39.6 Å². The fourth-order valence-corrected chi connectivity index (χ4v) is 2.86. The largest absolute Gasteiger partial charge is 0.358 e. The first-order valence-corrected chi connectivity index (χ1v) is 6.67. The Hall–Kier alpha value is -1.75. The molecule has 1 aliphatic rings. The third kappa shape index (κ3) is 1.62. The van der Waals surface area contributed by atoms with Crippen LogP contribution in [0.2, 0.25) is 0 Å². The van der Waals surface area contributed by atoms with Gasteiger partial charge in [-0.3, -0.25) is 0 Å². The maximum Gasteiger partial charge on any atom is 0.0766 e. The van der Waals surface area contributed by atoms with Gasteiger partial charge >= 0.3 is 0 Å². The van der Waals surface area contributed by atoms with E-state index in [9.17, 15) is 5.26 Å². The van der Waals surface area contributed by atoms with Gasteiger partial charge in [0, 0.05) is 16.6 Å². The van der Waals surface area contributed by atoms with Gasteiger partial charge in [0.15, 0.2) is 0 Å². The minimum absolute atomic E-state index is 0.410. The predicted octanol–water partition coefficient (Wildman–Crippen LogP) is 3.85. The summed E-state index contributed by atoms with van der Waals surface area (Å²) < 4.78 is 0. The highest BCUT2D eigenvalue weighted by molar-refractivity contribution is 5.86. The average molecular weight is 238 g/mol. The lowest BCUT2D eigenvalue weighted by Gasteiger charge is -2.16. The molecule has 92 valence electrons. The Morgan fingerprint density at radius 2 is 2.00 bits per heavy atom. The molecule has 1 heterocycles. The fraction of sp³-hybridized carbons (Fsp3) is 0.438. The number of H-pyrrole nitrogens is 1. The molecule has 0 radical (unpaired) electrons. The van der Waals surface area contributed by atoms with Gasteiger partial charge in [-0.25, -0.2) is 0 Å². The van der Waals surface area contributed by atoms with Crippen molar-refractivity contribution in [3.63, 3.8) is 0 Å². The lowest BCUT2D eigenvalue weighted by molar-refractivity contribution is 0.679. The SMILES string of the molecule is CC(C)(C#N)c1ccc2[nH]c3c(c2c1)CCCC3. The molecule has 0 atom stereocenters. The van der Waals surface area contributed by atoms with Crippen molar-refractivity contribution in [2.24, 2.45) is 0 Å². The summed E-state index contributed by atoms with van der Waals surface area (Å²) in [5.41, 5.74) is 4.81. The second-order valence-corrected chi connectivity index (χ2v) is 5.79. The van der Waals surface area contributed by atoms with E-state index >= 15 is 0 Å². The molecule has 2 heteroatoms. The summed E-state index contributed by atoms with van der Waals surface area (Å²) in [6.45, 7) is 3.96. The van der Waals surface area contributed by atoms with Crippen LogP contribution in [0.1, 0.15) is 43.5 Å². The van der Waals surface area contributed by atoms with Crippen LogP contribution in [0.15, 0.2) is 18.2 Å². The second-order valence-electron chi connectivity index (χ2n) is 5.79. The van der Waals surface area contributed by atoms with Crippen molar-refractivity contribution in [1.29, 1.82) is 5.26 Å². The number of aromatic nitrogens is 1. The van der Waals surface area contributed by atoms with Crippen molar-refractivity contribution in [2.75, 3.05) is 0 Å². The van der Waals surface area contributed by atoms with Gasteiger partial charge in [-0.1, -0.05) is 6.07 Å².